The highest BCUT2D eigenvalue weighted by atomic mass is 16.5. The largest absolute Gasteiger partial charge is 0.497 e. The Bertz CT molecular complexity index is 1070. The second-order valence-corrected chi connectivity index (χ2v) is 8.99. The number of likely N-dealkylation sites (tertiary alicyclic amines) is 1. The van der Waals surface area contributed by atoms with Gasteiger partial charge in [-0.2, -0.15) is 5.26 Å². The van der Waals surface area contributed by atoms with Crippen molar-refractivity contribution in [2.75, 3.05) is 58.4 Å². The molecule has 2 aliphatic rings. The van der Waals surface area contributed by atoms with E-state index in [1.165, 1.54) is 0 Å². The summed E-state index contributed by atoms with van der Waals surface area (Å²) in [7, 11) is 3.12. The first kappa shape index (κ1) is 24.4. The number of hydrogen-bond acceptors (Lipinski definition) is 6. The van der Waals surface area contributed by atoms with Crippen molar-refractivity contribution in [1.29, 1.82) is 5.26 Å². The molecule has 0 N–H and O–H groups in total. The summed E-state index contributed by atoms with van der Waals surface area (Å²) in [6.07, 6.45) is 2.24. The van der Waals surface area contributed by atoms with Crippen molar-refractivity contribution in [2.24, 2.45) is 5.92 Å². The van der Waals surface area contributed by atoms with Crippen LogP contribution >= 0.6 is 0 Å². The Morgan fingerprint density at radius 1 is 0.857 bits per heavy atom. The van der Waals surface area contributed by atoms with Crippen LogP contribution in [0.4, 0.5) is 5.69 Å². The van der Waals surface area contributed by atoms with Gasteiger partial charge in [-0.15, -0.1) is 0 Å². The van der Waals surface area contributed by atoms with Crippen LogP contribution in [0.2, 0.25) is 0 Å². The van der Waals surface area contributed by atoms with Gasteiger partial charge in [0.1, 0.15) is 11.5 Å². The van der Waals surface area contributed by atoms with E-state index in [4.69, 9.17) is 14.7 Å². The minimum Gasteiger partial charge on any atom is -0.497 e. The molecule has 0 radical (unpaired) electrons. The molecule has 2 heterocycles. The Balaban J connectivity index is 1.32. The predicted octanol–water partition coefficient (Wildman–Crippen LogP) is 3.17. The highest BCUT2D eigenvalue weighted by Crippen LogP contribution is 2.26. The van der Waals surface area contributed by atoms with Crippen molar-refractivity contribution in [3.8, 4) is 17.6 Å². The molecule has 4 rings (SSSR count). The number of hydrogen-bond donors (Lipinski definition) is 0. The Kier molecular flexibility index (Phi) is 7.76. The van der Waals surface area contributed by atoms with Crippen LogP contribution in [0.5, 0.6) is 11.5 Å². The number of carbonyl (C=O) groups excluding carboxylic acids is 2. The maximum atomic E-state index is 13.3. The lowest BCUT2D eigenvalue weighted by Gasteiger charge is -2.34. The van der Waals surface area contributed by atoms with Gasteiger partial charge in [0, 0.05) is 62.5 Å². The van der Waals surface area contributed by atoms with E-state index in [1.807, 2.05) is 34.1 Å². The van der Waals surface area contributed by atoms with Gasteiger partial charge in [-0.3, -0.25) is 9.59 Å². The van der Waals surface area contributed by atoms with Crippen molar-refractivity contribution in [3.63, 3.8) is 0 Å². The first-order valence-electron chi connectivity index (χ1n) is 12.1. The zero-order valence-electron chi connectivity index (χ0n) is 20.4. The number of methoxy groups -OCH3 is 2. The molecule has 8 nitrogen and oxygen atoms in total. The fraction of sp³-hybridized carbons (Fsp3) is 0.444. The van der Waals surface area contributed by atoms with Gasteiger partial charge in [0.05, 0.1) is 25.9 Å². The molecule has 0 saturated carbocycles. The molecule has 2 amide bonds. The summed E-state index contributed by atoms with van der Waals surface area (Å²) < 4.78 is 10.6. The van der Waals surface area contributed by atoms with Crippen LogP contribution in [-0.4, -0.2) is 75.1 Å². The first-order chi connectivity index (χ1) is 17.0. The Morgan fingerprint density at radius 3 is 2.11 bits per heavy atom. The fourth-order valence-corrected chi connectivity index (χ4v) is 4.84. The maximum Gasteiger partial charge on any atom is 0.254 e. The van der Waals surface area contributed by atoms with Crippen molar-refractivity contribution >= 4 is 17.5 Å². The van der Waals surface area contributed by atoms with Gasteiger partial charge in [0.25, 0.3) is 5.91 Å². The lowest BCUT2D eigenvalue weighted by Crippen LogP contribution is -2.45. The SMILES string of the molecule is COc1cc(OC)cc(C(=O)N2CCC(C(=O)N3CCCN(c4ccc(C#N)cc4)CC3)CC2)c1. The zero-order chi connectivity index (χ0) is 24.8. The van der Waals surface area contributed by atoms with E-state index in [-0.39, 0.29) is 17.7 Å². The molecule has 184 valence electrons. The Hall–Kier alpha value is -3.73. The number of ether oxygens (including phenoxy) is 2. The molecule has 0 bridgehead atoms. The number of anilines is 1. The van der Waals surface area contributed by atoms with E-state index in [2.05, 4.69) is 11.0 Å². The summed E-state index contributed by atoms with van der Waals surface area (Å²) in [6.45, 7) is 4.19. The molecule has 2 fully saturated rings. The highest BCUT2D eigenvalue weighted by molar-refractivity contribution is 5.95. The molecule has 35 heavy (non-hydrogen) atoms. The van der Waals surface area contributed by atoms with Crippen molar-refractivity contribution in [1.82, 2.24) is 9.80 Å². The topological polar surface area (TPSA) is 86.1 Å². The summed E-state index contributed by atoms with van der Waals surface area (Å²) in [5.41, 5.74) is 2.26. The maximum absolute atomic E-state index is 13.3. The monoisotopic (exact) mass is 476 g/mol. The van der Waals surface area contributed by atoms with Crippen molar-refractivity contribution in [3.05, 3.63) is 53.6 Å². The summed E-state index contributed by atoms with van der Waals surface area (Å²) in [5.74, 6) is 1.23. The average Bonchev–Trinajstić information content (AvgIpc) is 3.18. The Morgan fingerprint density at radius 2 is 1.51 bits per heavy atom. The van der Waals surface area contributed by atoms with Gasteiger partial charge in [-0.25, -0.2) is 0 Å². The minimum absolute atomic E-state index is 0.0552. The molecule has 0 aliphatic carbocycles. The number of piperidine rings is 1. The van der Waals surface area contributed by atoms with Crippen LogP contribution < -0.4 is 14.4 Å². The third-order valence-electron chi connectivity index (χ3n) is 6.90. The summed E-state index contributed by atoms with van der Waals surface area (Å²) >= 11 is 0. The van der Waals surface area contributed by atoms with E-state index in [9.17, 15) is 9.59 Å². The van der Waals surface area contributed by atoms with Crippen LogP contribution in [0.1, 0.15) is 35.2 Å². The van der Waals surface area contributed by atoms with Crippen LogP contribution in [0, 0.1) is 17.2 Å². The van der Waals surface area contributed by atoms with Gasteiger partial charge in [-0.05, 0) is 55.7 Å². The van der Waals surface area contributed by atoms with Gasteiger partial charge in [-0.1, -0.05) is 0 Å². The molecular formula is C27H32N4O4. The molecule has 0 aromatic heterocycles. The van der Waals surface area contributed by atoms with E-state index in [0.29, 0.717) is 55.1 Å². The molecule has 0 atom stereocenters. The van der Waals surface area contributed by atoms with Gasteiger partial charge in [0.15, 0.2) is 0 Å². The molecule has 2 aromatic rings. The molecule has 2 aliphatic heterocycles. The first-order valence-corrected chi connectivity index (χ1v) is 12.1. The number of rotatable bonds is 5. The molecule has 0 unspecified atom stereocenters. The normalized spacial score (nSPS) is 16.9. The fourth-order valence-electron chi connectivity index (χ4n) is 4.84. The molecule has 0 spiro atoms. The van der Waals surface area contributed by atoms with Crippen LogP contribution in [0.15, 0.2) is 42.5 Å². The van der Waals surface area contributed by atoms with Gasteiger partial charge < -0.3 is 24.2 Å². The van der Waals surface area contributed by atoms with E-state index in [0.717, 1.165) is 31.7 Å². The van der Waals surface area contributed by atoms with E-state index < -0.39 is 0 Å². The third kappa shape index (κ3) is 5.68. The lowest BCUT2D eigenvalue weighted by molar-refractivity contribution is -0.136. The lowest BCUT2D eigenvalue weighted by atomic mass is 9.94. The van der Waals surface area contributed by atoms with Crippen molar-refractivity contribution < 1.29 is 19.1 Å². The van der Waals surface area contributed by atoms with Crippen molar-refractivity contribution in [2.45, 2.75) is 19.3 Å². The number of carbonyl (C=O) groups is 2. The third-order valence-corrected chi connectivity index (χ3v) is 6.90. The van der Waals surface area contributed by atoms with Crippen LogP contribution in [0.3, 0.4) is 0 Å². The Labute approximate surface area is 206 Å². The number of nitrogens with zero attached hydrogens (tertiary/aromatic N) is 4. The molecule has 2 saturated heterocycles. The second-order valence-electron chi connectivity index (χ2n) is 8.99. The highest BCUT2D eigenvalue weighted by Gasteiger charge is 2.31. The van der Waals surface area contributed by atoms with E-state index >= 15 is 0 Å². The quantitative estimate of drug-likeness (QED) is 0.659. The standard InChI is InChI=1S/C27H32N4O4/c1-34-24-16-22(17-25(18-24)35-2)27(33)31-12-8-21(9-13-31)26(32)30-11-3-10-29(14-15-30)23-6-4-20(19-28)5-7-23/h4-7,16-18,21H,3,8-15H2,1-2H3. The summed E-state index contributed by atoms with van der Waals surface area (Å²) in [4.78, 5) is 32.4. The summed E-state index contributed by atoms with van der Waals surface area (Å²) in [6, 6.07) is 14.9. The number of benzene rings is 2. The molecule has 8 heteroatoms. The second kappa shape index (κ2) is 11.1. The summed E-state index contributed by atoms with van der Waals surface area (Å²) in [5, 5.41) is 9.01. The van der Waals surface area contributed by atoms with Crippen LogP contribution in [0.25, 0.3) is 0 Å². The van der Waals surface area contributed by atoms with Crippen LogP contribution in [-0.2, 0) is 4.79 Å². The van der Waals surface area contributed by atoms with Gasteiger partial charge >= 0.3 is 0 Å². The average molecular weight is 477 g/mol. The van der Waals surface area contributed by atoms with E-state index in [1.54, 1.807) is 32.4 Å². The zero-order valence-corrected chi connectivity index (χ0v) is 20.4. The predicted molar refractivity (Wildman–Crippen MR) is 133 cm³/mol. The molecule has 2 aromatic carbocycles. The number of amides is 2. The van der Waals surface area contributed by atoms with Gasteiger partial charge in [0.2, 0.25) is 5.91 Å². The smallest absolute Gasteiger partial charge is 0.254 e. The number of nitriles is 1. The molecular weight excluding hydrogens is 444 g/mol. The minimum atomic E-state index is -0.0686.